The molecule has 8 heteroatoms. The highest BCUT2D eigenvalue weighted by Crippen LogP contribution is 2.19. The van der Waals surface area contributed by atoms with Crippen molar-refractivity contribution in [1.82, 2.24) is 10.7 Å². The Bertz CT molecular complexity index is 882. The normalized spacial score (nSPS) is 16.0. The summed E-state index contributed by atoms with van der Waals surface area (Å²) in [6.45, 7) is 1.34. The zero-order chi connectivity index (χ0) is 20.5. The van der Waals surface area contributed by atoms with Crippen LogP contribution in [0.3, 0.4) is 0 Å². The second kappa shape index (κ2) is 10.6. The number of hydrogen-bond donors (Lipinski definition) is 2. The Morgan fingerprint density at radius 2 is 2.07 bits per heavy atom. The summed E-state index contributed by atoms with van der Waals surface area (Å²) in [5.74, 6) is -0.993. The van der Waals surface area contributed by atoms with Gasteiger partial charge in [0, 0.05) is 23.7 Å². The smallest absolute Gasteiger partial charge is 0.329 e. The lowest BCUT2D eigenvalue weighted by molar-refractivity contribution is -0.139. The van der Waals surface area contributed by atoms with E-state index >= 15 is 0 Å². The fourth-order valence-electron chi connectivity index (χ4n) is 2.81. The molecule has 1 heterocycles. The number of nitrogens with zero attached hydrogens (tertiary/aromatic N) is 1. The molecule has 2 aromatic carbocycles. The third kappa shape index (κ3) is 6.58. The van der Waals surface area contributed by atoms with Gasteiger partial charge in [-0.15, -0.1) is 0 Å². The van der Waals surface area contributed by atoms with E-state index in [1.165, 1.54) is 6.21 Å². The van der Waals surface area contributed by atoms with Gasteiger partial charge in [-0.3, -0.25) is 9.59 Å². The number of amides is 2. The first kappa shape index (κ1) is 20.8. The predicted octanol–water partition coefficient (Wildman–Crippen LogP) is 2.66. The van der Waals surface area contributed by atoms with E-state index in [9.17, 15) is 9.59 Å². The molecular weight excluding hydrogens is 394 g/mol. The lowest BCUT2D eigenvalue weighted by Crippen LogP contribution is -2.41. The number of carbonyl (C=O) groups is 2. The minimum atomic E-state index is -0.837. The van der Waals surface area contributed by atoms with Gasteiger partial charge >= 0.3 is 11.8 Å². The molecule has 0 bridgehead atoms. The molecule has 3 rings (SSSR count). The highest BCUT2D eigenvalue weighted by atomic mass is 35.5. The van der Waals surface area contributed by atoms with E-state index in [2.05, 4.69) is 15.8 Å². The molecule has 1 aliphatic rings. The summed E-state index contributed by atoms with van der Waals surface area (Å²) in [5, 5.41) is 7.04. The standard InChI is InChI=1S/C21H22ClN3O4/c22-17-7-3-5-15(11-17)14-29-19-9-2-1-6-16(19)12-24-25-21(27)20(26)23-13-18-8-4-10-28-18/h1-3,5-7,9,11-12,18H,4,8,10,13-14H2,(H,23,26)(H,25,27)/b24-12-/t18-/m1/s1. The van der Waals surface area contributed by atoms with Gasteiger partial charge in [0.1, 0.15) is 12.4 Å². The van der Waals surface area contributed by atoms with Crippen molar-refractivity contribution >= 4 is 29.6 Å². The first-order valence-corrected chi connectivity index (χ1v) is 9.69. The van der Waals surface area contributed by atoms with Crippen LogP contribution in [0.25, 0.3) is 0 Å². The third-order valence-electron chi connectivity index (χ3n) is 4.29. The number of benzene rings is 2. The van der Waals surface area contributed by atoms with E-state index in [1.807, 2.05) is 30.3 Å². The lowest BCUT2D eigenvalue weighted by atomic mass is 10.2. The SMILES string of the molecule is O=C(NC[C@H]1CCCO1)C(=O)N/N=C\c1ccccc1OCc1cccc(Cl)c1. The van der Waals surface area contributed by atoms with Crippen molar-refractivity contribution in [3.63, 3.8) is 0 Å². The Hall–Kier alpha value is -2.90. The fraction of sp³-hybridized carbons (Fsp3) is 0.286. The lowest BCUT2D eigenvalue weighted by Gasteiger charge is -2.10. The summed E-state index contributed by atoms with van der Waals surface area (Å²) in [7, 11) is 0. The van der Waals surface area contributed by atoms with Crippen LogP contribution < -0.4 is 15.5 Å². The third-order valence-corrected chi connectivity index (χ3v) is 4.53. The average Bonchev–Trinajstić information content (AvgIpc) is 3.25. The van der Waals surface area contributed by atoms with Gasteiger partial charge in [-0.2, -0.15) is 5.10 Å². The van der Waals surface area contributed by atoms with Crippen LogP contribution in [0.1, 0.15) is 24.0 Å². The number of halogens is 1. The van der Waals surface area contributed by atoms with Gasteiger partial charge in [0.25, 0.3) is 0 Å². The maximum absolute atomic E-state index is 11.8. The van der Waals surface area contributed by atoms with Gasteiger partial charge in [0.2, 0.25) is 0 Å². The van der Waals surface area contributed by atoms with Crippen molar-refractivity contribution in [2.45, 2.75) is 25.6 Å². The molecule has 2 N–H and O–H groups in total. The second-order valence-electron chi connectivity index (χ2n) is 6.50. The largest absolute Gasteiger partial charge is 0.488 e. The molecule has 0 aliphatic carbocycles. The van der Waals surface area contributed by atoms with Crippen LogP contribution in [-0.4, -0.2) is 37.3 Å². The Morgan fingerprint density at radius 3 is 2.86 bits per heavy atom. The van der Waals surface area contributed by atoms with Crippen molar-refractivity contribution in [2.24, 2.45) is 5.10 Å². The van der Waals surface area contributed by atoms with Gasteiger partial charge in [-0.05, 0) is 42.7 Å². The van der Waals surface area contributed by atoms with Crippen molar-refractivity contribution in [3.05, 3.63) is 64.7 Å². The molecular formula is C21H22ClN3O4. The maximum atomic E-state index is 11.8. The van der Waals surface area contributed by atoms with Crippen LogP contribution in [0.4, 0.5) is 0 Å². The van der Waals surface area contributed by atoms with Crippen LogP contribution in [0.5, 0.6) is 5.75 Å². The zero-order valence-electron chi connectivity index (χ0n) is 15.8. The van der Waals surface area contributed by atoms with E-state index in [0.717, 1.165) is 18.4 Å². The van der Waals surface area contributed by atoms with Gasteiger partial charge in [-0.25, -0.2) is 5.43 Å². The molecule has 2 amide bonds. The van der Waals surface area contributed by atoms with E-state index in [-0.39, 0.29) is 6.10 Å². The Balaban J connectivity index is 1.50. The highest BCUT2D eigenvalue weighted by Gasteiger charge is 2.18. The van der Waals surface area contributed by atoms with E-state index < -0.39 is 11.8 Å². The molecule has 7 nitrogen and oxygen atoms in total. The molecule has 152 valence electrons. The van der Waals surface area contributed by atoms with E-state index in [4.69, 9.17) is 21.1 Å². The van der Waals surface area contributed by atoms with Crippen LogP contribution in [-0.2, 0) is 20.9 Å². The van der Waals surface area contributed by atoms with Crippen LogP contribution in [0.2, 0.25) is 5.02 Å². The Kier molecular flexibility index (Phi) is 7.61. The van der Waals surface area contributed by atoms with E-state index in [0.29, 0.717) is 36.1 Å². The minimum absolute atomic E-state index is 0.0289. The molecule has 0 spiro atoms. The number of ether oxygens (including phenoxy) is 2. The molecule has 29 heavy (non-hydrogen) atoms. The summed E-state index contributed by atoms with van der Waals surface area (Å²) >= 11 is 5.98. The summed E-state index contributed by atoms with van der Waals surface area (Å²) in [6, 6.07) is 14.6. The number of rotatable bonds is 7. The number of nitrogens with one attached hydrogen (secondary N) is 2. The van der Waals surface area contributed by atoms with Crippen LogP contribution in [0.15, 0.2) is 53.6 Å². The highest BCUT2D eigenvalue weighted by molar-refractivity contribution is 6.35. The van der Waals surface area contributed by atoms with Crippen molar-refractivity contribution in [2.75, 3.05) is 13.2 Å². The monoisotopic (exact) mass is 415 g/mol. The molecule has 1 atom stereocenters. The van der Waals surface area contributed by atoms with Crippen LogP contribution >= 0.6 is 11.6 Å². The summed E-state index contributed by atoms with van der Waals surface area (Å²) in [6.07, 6.45) is 3.25. The molecule has 1 saturated heterocycles. The number of hydrazone groups is 1. The molecule has 0 radical (unpaired) electrons. The van der Waals surface area contributed by atoms with Crippen molar-refractivity contribution in [3.8, 4) is 5.75 Å². The van der Waals surface area contributed by atoms with Crippen molar-refractivity contribution in [1.29, 1.82) is 0 Å². The number of carbonyl (C=O) groups excluding carboxylic acids is 2. The second-order valence-corrected chi connectivity index (χ2v) is 6.94. The maximum Gasteiger partial charge on any atom is 0.329 e. The molecule has 1 fully saturated rings. The Labute approximate surface area is 174 Å². The molecule has 0 unspecified atom stereocenters. The fourth-order valence-corrected chi connectivity index (χ4v) is 3.02. The summed E-state index contributed by atoms with van der Waals surface area (Å²) < 4.78 is 11.2. The topological polar surface area (TPSA) is 89.0 Å². The quantitative estimate of drug-likeness (QED) is 0.413. The predicted molar refractivity (Wildman–Crippen MR) is 110 cm³/mol. The first-order chi connectivity index (χ1) is 14.1. The Morgan fingerprint density at radius 1 is 1.21 bits per heavy atom. The summed E-state index contributed by atoms with van der Waals surface area (Å²) in [5.41, 5.74) is 3.81. The number of para-hydroxylation sites is 1. The first-order valence-electron chi connectivity index (χ1n) is 9.31. The zero-order valence-corrected chi connectivity index (χ0v) is 16.5. The summed E-state index contributed by atoms with van der Waals surface area (Å²) in [4.78, 5) is 23.7. The van der Waals surface area contributed by atoms with Crippen molar-refractivity contribution < 1.29 is 19.1 Å². The average molecular weight is 416 g/mol. The van der Waals surface area contributed by atoms with Gasteiger partial charge in [0.05, 0.1) is 12.3 Å². The van der Waals surface area contributed by atoms with Gasteiger partial charge in [-0.1, -0.05) is 35.9 Å². The van der Waals surface area contributed by atoms with Gasteiger partial charge < -0.3 is 14.8 Å². The molecule has 1 aliphatic heterocycles. The van der Waals surface area contributed by atoms with Crippen LogP contribution in [0, 0.1) is 0 Å². The molecule has 0 saturated carbocycles. The molecule has 2 aromatic rings. The molecule has 0 aromatic heterocycles. The number of hydrogen-bond acceptors (Lipinski definition) is 5. The minimum Gasteiger partial charge on any atom is -0.488 e. The van der Waals surface area contributed by atoms with E-state index in [1.54, 1.807) is 18.2 Å². The van der Waals surface area contributed by atoms with Gasteiger partial charge in [0.15, 0.2) is 0 Å².